The van der Waals surface area contributed by atoms with Crippen LogP contribution < -0.4 is 5.32 Å². The minimum absolute atomic E-state index is 0.118. The van der Waals surface area contributed by atoms with E-state index in [1.54, 1.807) is 0 Å². The second kappa shape index (κ2) is 4.70. The number of nitrogens with zero attached hydrogens (tertiary/aromatic N) is 1. The van der Waals surface area contributed by atoms with Crippen molar-refractivity contribution in [3.8, 4) is 0 Å². The van der Waals surface area contributed by atoms with Crippen molar-refractivity contribution >= 4 is 16.9 Å². The van der Waals surface area contributed by atoms with E-state index < -0.39 is 5.97 Å². The van der Waals surface area contributed by atoms with Crippen molar-refractivity contribution in [1.29, 1.82) is 0 Å². The molecular formula is C15H18N2O2. The number of likely N-dealkylation sites (N-methyl/N-ethyl adjacent to an activating group) is 1. The van der Waals surface area contributed by atoms with E-state index in [9.17, 15) is 4.79 Å². The third kappa shape index (κ3) is 2.02. The van der Waals surface area contributed by atoms with E-state index in [2.05, 4.69) is 16.0 Å². The van der Waals surface area contributed by atoms with E-state index in [1.807, 2.05) is 25.2 Å². The molecule has 1 aromatic carbocycles. The van der Waals surface area contributed by atoms with Crippen LogP contribution in [0.25, 0.3) is 10.9 Å². The lowest BCUT2D eigenvalue weighted by atomic mass is 10.0. The summed E-state index contributed by atoms with van der Waals surface area (Å²) in [4.78, 5) is 11.1. The molecule has 19 heavy (non-hydrogen) atoms. The third-order valence-electron chi connectivity index (χ3n) is 4.06. The predicted molar refractivity (Wildman–Crippen MR) is 74.4 cm³/mol. The fourth-order valence-electron chi connectivity index (χ4n) is 3.13. The summed E-state index contributed by atoms with van der Waals surface area (Å²) in [6.45, 7) is 0.923. The van der Waals surface area contributed by atoms with Gasteiger partial charge < -0.3 is 15.0 Å². The highest BCUT2D eigenvalue weighted by atomic mass is 16.4. The van der Waals surface area contributed by atoms with E-state index in [4.69, 9.17) is 5.11 Å². The van der Waals surface area contributed by atoms with Gasteiger partial charge in [0.2, 0.25) is 0 Å². The summed E-state index contributed by atoms with van der Waals surface area (Å²) in [7, 11) is 1.99. The van der Waals surface area contributed by atoms with Gasteiger partial charge in [-0.1, -0.05) is 18.2 Å². The number of hydrogen-bond acceptors (Lipinski definition) is 2. The highest BCUT2D eigenvalue weighted by Crippen LogP contribution is 2.31. The molecule has 1 atom stereocenters. The quantitative estimate of drug-likeness (QED) is 0.882. The van der Waals surface area contributed by atoms with Crippen LogP contribution >= 0.6 is 0 Å². The van der Waals surface area contributed by atoms with Crippen LogP contribution in [0.5, 0.6) is 0 Å². The van der Waals surface area contributed by atoms with E-state index in [1.165, 1.54) is 5.69 Å². The average molecular weight is 258 g/mol. The maximum atomic E-state index is 11.1. The van der Waals surface area contributed by atoms with Crippen molar-refractivity contribution in [2.75, 3.05) is 7.05 Å². The molecule has 0 saturated carbocycles. The molecule has 2 heterocycles. The van der Waals surface area contributed by atoms with Crippen molar-refractivity contribution in [2.45, 2.75) is 31.8 Å². The molecule has 2 aromatic rings. The molecule has 2 N–H and O–H groups in total. The van der Waals surface area contributed by atoms with Crippen LogP contribution in [0, 0.1) is 0 Å². The number of hydrogen-bond donors (Lipinski definition) is 2. The molecule has 0 bridgehead atoms. The summed E-state index contributed by atoms with van der Waals surface area (Å²) in [6, 6.07) is 8.59. The lowest BCUT2D eigenvalue weighted by Crippen LogP contribution is -2.35. The van der Waals surface area contributed by atoms with Crippen molar-refractivity contribution in [1.82, 2.24) is 9.88 Å². The van der Waals surface area contributed by atoms with Crippen LogP contribution in [0.2, 0.25) is 0 Å². The Bertz CT molecular complexity index is 630. The van der Waals surface area contributed by atoms with Crippen LogP contribution in [0.15, 0.2) is 24.3 Å². The highest BCUT2D eigenvalue weighted by Gasteiger charge is 2.24. The van der Waals surface area contributed by atoms with Gasteiger partial charge in [-0.3, -0.25) is 4.79 Å². The number of rotatable bonds is 3. The molecule has 1 aliphatic rings. The summed E-state index contributed by atoms with van der Waals surface area (Å²) >= 11 is 0. The van der Waals surface area contributed by atoms with Crippen LogP contribution in [-0.2, 0) is 24.2 Å². The van der Waals surface area contributed by atoms with E-state index >= 15 is 0 Å². The Morgan fingerprint density at radius 3 is 3.00 bits per heavy atom. The fourth-order valence-corrected chi connectivity index (χ4v) is 3.13. The molecule has 1 aliphatic heterocycles. The van der Waals surface area contributed by atoms with Gasteiger partial charge in [0.1, 0.15) is 0 Å². The van der Waals surface area contributed by atoms with E-state index in [0.29, 0.717) is 6.04 Å². The number of carboxylic acid groups (broad SMARTS) is 1. The fraction of sp³-hybridized carbons (Fsp3) is 0.400. The first-order valence-electron chi connectivity index (χ1n) is 6.68. The molecule has 0 unspecified atom stereocenters. The van der Waals surface area contributed by atoms with Gasteiger partial charge in [-0.25, -0.2) is 0 Å². The number of para-hydroxylation sites is 1. The number of aromatic nitrogens is 1. The Labute approximate surface area is 112 Å². The Kier molecular flexibility index (Phi) is 3.03. The summed E-state index contributed by atoms with van der Waals surface area (Å²) in [5.41, 5.74) is 3.36. The molecule has 0 aliphatic carbocycles. The standard InChI is InChI=1S/C15H18N2O2/c1-16-10-6-7-14-12(8-15(18)19)11-4-2-3-5-13(11)17(14)9-10/h2-5,10,16H,6-9H2,1H3,(H,18,19)/t10-/m0/s1. The molecule has 0 spiro atoms. The van der Waals surface area contributed by atoms with Crippen LogP contribution in [0.4, 0.5) is 0 Å². The van der Waals surface area contributed by atoms with Crippen molar-refractivity contribution in [2.24, 2.45) is 0 Å². The van der Waals surface area contributed by atoms with Gasteiger partial charge in [0.05, 0.1) is 6.42 Å². The van der Waals surface area contributed by atoms with Crippen molar-refractivity contribution in [3.63, 3.8) is 0 Å². The SMILES string of the molecule is CN[C@H]1CCc2c(CC(=O)O)c3ccccc3n2C1. The first kappa shape index (κ1) is 12.2. The minimum Gasteiger partial charge on any atom is -0.481 e. The second-order valence-electron chi connectivity index (χ2n) is 5.15. The molecule has 4 nitrogen and oxygen atoms in total. The van der Waals surface area contributed by atoms with Gasteiger partial charge in [-0.15, -0.1) is 0 Å². The van der Waals surface area contributed by atoms with Gasteiger partial charge in [-0.2, -0.15) is 0 Å². The zero-order valence-corrected chi connectivity index (χ0v) is 11.0. The lowest BCUT2D eigenvalue weighted by Gasteiger charge is -2.25. The monoisotopic (exact) mass is 258 g/mol. The minimum atomic E-state index is -0.755. The maximum Gasteiger partial charge on any atom is 0.307 e. The molecular weight excluding hydrogens is 240 g/mol. The third-order valence-corrected chi connectivity index (χ3v) is 4.06. The molecule has 100 valence electrons. The van der Waals surface area contributed by atoms with Gasteiger partial charge >= 0.3 is 5.97 Å². The molecule has 3 rings (SSSR count). The number of benzene rings is 1. The van der Waals surface area contributed by atoms with Gasteiger partial charge in [-0.05, 0) is 31.5 Å². The Balaban J connectivity index is 2.18. The molecule has 0 saturated heterocycles. The first-order chi connectivity index (χ1) is 9.20. The van der Waals surface area contributed by atoms with E-state index in [0.717, 1.165) is 35.9 Å². The number of carboxylic acids is 1. The maximum absolute atomic E-state index is 11.1. The van der Waals surface area contributed by atoms with Gasteiger partial charge in [0.25, 0.3) is 0 Å². The zero-order valence-electron chi connectivity index (χ0n) is 11.0. The molecule has 0 radical (unpaired) electrons. The summed E-state index contributed by atoms with van der Waals surface area (Å²) < 4.78 is 2.29. The van der Waals surface area contributed by atoms with Crippen LogP contribution in [-0.4, -0.2) is 28.7 Å². The number of fused-ring (bicyclic) bond motifs is 3. The molecule has 1 aromatic heterocycles. The number of aliphatic carboxylic acids is 1. The molecule has 0 amide bonds. The van der Waals surface area contributed by atoms with Gasteiger partial charge in [0, 0.05) is 29.2 Å². The largest absolute Gasteiger partial charge is 0.481 e. The summed E-state index contributed by atoms with van der Waals surface area (Å²) in [5, 5.41) is 13.5. The average Bonchev–Trinajstić information content (AvgIpc) is 2.73. The molecule has 4 heteroatoms. The Morgan fingerprint density at radius 1 is 1.47 bits per heavy atom. The summed E-state index contributed by atoms with van der Waals surface area (Å²) in [5.74, 6) is -0.755. The predicted octanol–water partition coefficient (Wildman–Crippen LogP) is 1.80. The second-order valence-corrected chi connectivity index (χ2v) is 5.15. The Hall–Kier alpha value is -1.81. The highest BCUT2D eigenvalue weighted by molar-refractivity contribution is 5.89. The Morgan fingerprint density at radius 2 is 2.26 bits per heavy atom. The lowest BCUT2D eigenvalue weighted by molar-refractivity contribution is -0.136. The van der Waals surface area contributed by atoms with Crippen LogP contribution in [0.3, 0.4) is 0 Å². The first-order valence-corrected chi connectivity index (χ1v) is 6.68. The van der Waals surface area contributed by atoms with E-state index in [-0.39, 0.29) is 6.42 Å². The van der Waals surface area contributed by atoms with Crippen molar-refractivity contribution < 1.29 is 9.90 Å². The van der Waals surface area contributed by atoms with Crippen molar-refractivity contribution in [3.05, 3.63) is 35.5 Å². The van der Waals surface area contributed by atoms with Gasteiger partial charge in [0.15, 0.2) is 0 Å². The normalized spacial score (nSPS) is 18.5. The number of nitrogens with one attached hydrogen (secondary N) is 1. The smallest absolute Gasteiger partial charge is 0.307 e. The summed E-state index contributed by atoms with van der Waals surface area (Å²) in [6.07, 6.45) is 2.13. The molecule has 0 fully saturated rings. The topological polar surface area (TPSA) is 54.3 Å². The number of carbonyl (C=O) groups is 1. The van der Waals surface area contributed by atoms with Crippen LogP contribution in [0.1, 0.15) is 17.7 Å². The zero-order chi connectivity index (χ0) is 13.4.